The molecule has 0 spiro atoms. The van der Waals surface area contributed by atoms with Crippen molar-refractivity contribution in [2.24, 2.45) is 0 Å². The lowest BCUT2D eigenvalue weighted by atomic mass is 10.2. The van der Waals surface area contributed by atoms with Crippen molar-refractivity contribution in [1.82, 2.24) is 10.2 Å². The van der Waals surface area contributed by atoms with Crippen molar-refractivity contribution in [2.75, 3.05) is 14.1 Å². The highest BCUT2D eigenvalue weighted by Crippen LogP contribution is 2.24. The molecule has 5 heteroatoms. The first-order valence-electron chi connectivity index (χ1n) is 5.34. The van der Waals surface area contributed by atoms with Crippen molar-refractivity contribution in [2.45, 2.75) is 19.5 Å². The number of benzene rings is 1. The standard InChI is InChI=1S/C12H17ClN2O2/c1-8(12(17)15(2)3)14-7-9-10(13)5-4-6-11(9)16/h4-6,8,14,16H,7H2,1-3H3. The van der Waals surface area contributed by atoms with E-state index in [1.54, 1.807) is 39.2 Å². The Hall–Kier alpha value is -1.26. The van der Waals surface area contributed by atoms with Gasteiger partial charge in [0.25, 0.3) is 0 Å². The van der Waals surface area contributed by atoms with Gasteiger partial charge in [0, 0.05) is 31.2 Å². The second-order valence-corrected chi connectivity index (χ2v) is 4.48. The molecule has 0 aliphatic rings. The predicted molar refractivity (Wildman–Crippen MR) is 68.1 cm³/mol. The van der Waals surface area contributed by atoms with Gasteiger partial charge in [-0.05, 0) is 19.1 Å². The molecule has 0 saturated carbocycles. The highest BCUT2D eigenvalue weighted by Gasteiger charge is 2.15. The molecule has 0 radical (unpaired) electrons. The van der Waals surface area contributed by atoms with E-state index in [2.05, 4.69) is 5.32 Å². The summed E-state index contributed by atoms with van der Waals surface area (Å²) in [6.07, 6.45) is 0. The Labute approximate surface area is 106 Å². The van der Waals surface area contributed by atoms with Gasteiger partial charge >= 0.3 is 0 Å². The van der Waals surface area contributed by atoms with E-state index < -0.39 is 0 Å². The number of aromatic hydroxyl groups is 1. The van der Waals surface area contributed by atoms with Crippen LogP contribution in [0.1, 0.15) is 12.5 Å². The lowest BCUT2D eigenvalue weighted by molar-refractivity contribution is -0.130. The summed E-state index contributed by atoms with van der Waals surface area (Å²) in [4.78, 5) is 13.1. The highest BCUT2D eigenvalue weighted by molar-refractivity contribution is 6.31. The van der Waals surface area contributed by atoms with E-state index in [0.29, 0.717) is 17.1 Å². The highest BCUT2D eigenvalue weighted by atomic mass is 35.5. The van der Waals surface area contributed by atoms with Crippen LogP contribution in [0, 0.1) is 0 Å². The Bertz CT molecular complexity index is 387. The van der Waals surface area contributed by atoms with Gasteiger partial charge in [-0.1, -0.05) is 17.7 Å². The molecule has 0 aliphatic heterocycles. The zero-order valence-corrected chi connectivity index (χ0v) is 11.0. The minimum Gasteiger partial charge on any atom is -0.508 e. The minimum absolute atomic E-state index is 0.0171. The molecule has 1 atom stereocenters. The number of likely N-dealkylation sites (N-methyl/N-ethyl adjacent to an activating group) is 1. The van der Waals surface area contributed by atoms with Crippen molar-refractivity contribution in [3.05, 3.63) is 28.8 Å². The normalized spacial score (nSPS) is 12.2. The van der Waals surface area contributed by atoms with Gasteiger partial charge in [0.1, 0.15) is 5.75 Å². The smallest absolute Gasteiger partial charge is 0.238 e. The third-order valence-electron chi connectivity index (χ3n) is 2.49. The van der Waals surface area contributed by atoms with Crippen LogP contribution in [0.5, 0.6) is 5.75 Å². The second-order valence-electron chi connectivity index (χ2n) is 4.07. The van der Waals surface area contributed by atoms with Crippen LogP contribution in [0.25, 0.3) is 0 Å². The summed E-state index contributed by atoms with van der Waals surface area (Å²) in [5.74, 6) is 0.117. The summed E-state index contributed by atoms with van der Waals surface area (Å²) >= 11 is 5.96. The maximum absolute atomic E-state index is 11.6. The Balaban J connectivity index is 2.65. The third kappa shape index (κ3) is 3.61. The molecule has 1 unspecified atom stereocenters. The van der Waals surface area contributed by atoms with Crippen LogP contribution >= 0.6 is 11.6 Å². The van der Waals surface area contributed by atoms with Gasteiger partial charge in [-0.2, -0.15) is 0 Å². The molecule has 4 nitrogen and oxygen atoms in total. The summed E-state index contributed by atoms with van der Waals surface area (Å²) < 4.78 is 0. The summed E-state index contributed by atoms with van der Waals surface area (Å²) in [6.45, 7) is 2.13. The fourth-order valence-corrected chi connectivity index (χ4v) is 1.69. The first kappa shape index (κ1) is 13.8. The van der Waals surface area contributed by atoms with Crippen LogP contribution in [0.4, 0.5) is 0 Å². The Kier molecular flexibility index (Phi) is 4.78. The second kappa shape index (κ2) is 5.89. The van der Waals surface area contributed by atoms with Crippen molar-refractivity contribution >= 4 is 17.5 Å². The summed E-state index contributed by atoms with van der Waals surface area (Å²) in [5.41, 5.74) is 0.604. The maximum Gasteiger partial charge on any atom is 0.238 e. The van der Waals surface area contributed by atoms with Crippen LogP contribution in [-0.2, 0) is 11.3 Å². The quantitative estimate of drug-likeness (QED) is 0.861. The molecule has 0 fully saturated rings. The molecule has 0 aliphatic carbocycles. The Morgan fingerprint density at radius 2 is 2.18 bits per heavy atom. The van der Waals surface area contributed by atoms with Crippen molar-refractivity contribution < 1.29 is 9.90 Å². The molecule has 1 aromatic carbocycles. The van der Waals surface area contributed by atoms with Gasteiger partial charge < -0.3 is 15.3 Å². The van der Waals surface area contributed by atoms with E-state index in [4.69, 9.17) is 11.6 Å². The fraction of sp³-hybridized carbons (Fsp3) is 0.417. The van der Waals surface area contributed by atoms with Gasteiger partial charge in [-0.3, -0.25) is 4.79 Å². The molecule has 94 valence electrons. The number of phenolic OH excluding ortho intramolecular Hbond substituents is 1. The number of hydrogen-bond acceptors (Lipinski definition) is 3. The molecule has 0 heterocycles. The van der Waals surface area contributed by atoms with Gasteiger partial charge in [-0.15, -0.1) is 0 Å². The van der Waals surface area contributed by atoms with Crippen LogP contribution < -0.4 is 5.32 Å². The predicted octanol–water partition coefficient (Wildman–Crippen LogP) is 1.61. The lowest BCUT2D eigenvalue weighted by Gasteiger charge is -2.18. The largest absolute Gasteiger partial charge is 0.508 e. The van der Waals surface area contributed by atoms with E-state index in [0.717, 1.165) is 0 Å². The first-order valence-corrected chi connectivity index (χ1v) is 5.72. The van der Waals surface area contributed by atoms with Gasteiger partial charge in [0.2, 0.25) is 5.91 Å². The fourth-order valence-electron chi connectivity index (χ4n) is 1.45. The number of nitrogens with one attached hydrogen (secondary N) is 1. The summed E-state index contributed by atoms with van der Waals surface area (Å²) in [7, 11) is 3.40. The number of halogens is 1. The Morgan fingerprint density at radius 1 is 1.53 bits per heavy atom. The molecular weight excluding hydrogens is 240 g/mol. The molecule has 0 saturated heterocycles. The van der Waals surface area contributed by atoms with E-state index in [1.807, 2.05) is 0 Å². The van der Waals surface area contributed by atoms with Crippen molar-refractivity contribution in [1.29, 1.82) is 0 Å². The number of phenols is 1. The number of nitrogens with zero attached hydrogens (tertiary/aromatic N) is 1. The molecule has 2 N–H and O–H groups in total. The first-order chi connectivity index (χ1) is 7.93. The van der Waals surface area contributed by atoms with Gasteiger partial charge in [0.05, 0.1) is 6.04 Å². The zero-order valence-electron chi connectivity index (χ0n) is 10.2. The number of amides is 1. The monoisotopic (exact) mass is 256 g/mol. The summed E-state index contributed by atoms with van der Waals surface area (Å²) in [6, 6.07) is 4.63. The van der Waals surface area contributed by atoms with E-state index in [-0.39, 0.29) is 17.7 Å². The van der Waals surface area contributed by atoms with Crippen LogP contribution in [0.15, 0.2) is 18.2 Å². The zero-order chi connectivity index (χ0) is 13.0. The maximum atomic E-state index is 11.6. The number of hydrogen-bond donors (Lipinski definition) is 2. The van der Waals surface area contributed by atoms with Crippen molar-refractivity contribution in [3.8, 4) is 5.75 Å². The SMILES string of the molecule is CC(NCc1c(O)cccc1Cl)C(=O)N(C)C. The lowest BCUT2D eigenvalue weighted by Crippen LogP contribution is -2.41. The van der Waals surface area contributed by atoms with E-state index >= 15 is 0 Å². The molecule has 1 aromatic rings. The number of carbonyl (C=O) groups is 1. The van der Waals surface area contributed by atoms with Gasteiger partial charge in [0.15, 0.2) is 0 Å². The van der Waals surface area contributed by atoms with Crippen LogP contribution in [-0.4, -0.2) is 36.1 Å². The molecule has 1 rings (SSSR count). The molecular formula is C12H17ClN2O2. The average Bonchev–Trinajstić information content (AvgIpc) is 2.26. The van der Waals surface area contributed by atoms with E-state index in [9.17, 15) is 9.90 Å². The number of rotatable bonds is 4. The summed E-state index contributed by atoms with van der Waals surface area (Å²) in [5, 5.41) is 13.1. The van der Waals surface area contributed by atoms with Crippen LogP contribution in [0.3, 0.4) is 0 Å². The topological polar surface area (TPSA) is 52.6 Å². The van der Waals surface area contributed by atoms with Crippen molar-refractivity contribution in [3.63, 3.8) is 0 Å². The number of carbonyl (C=O) groups excluding carboxylic acids is 1. The molecule has 0 aromatic heterocycles. The average molecular weight is 257 g/mol. The Morgan fingerprint density at radius 3 is 2.71 bits per heavy atom. The van der Waals surface area contributed by atoms with E-state index in [1.165, 1.54) is 4.90 Å². The molecule has 1 amide bonds. The van der Waals surface area contributed by atoms with Gasteiger partial charge in [-0.25, -0.2) is 0 Å². The molecule has 17 heavy (non-hydrogen) atoms. The molecule has 0 bridgehead atoms. The minimum atomic E-state index is -0.319. The van der Waals surface area contributed by atoms with Crippen LogP contribution in [0.2, 0.25) is 5.02 Å². The third-order valence-corrected chi connectivity index (χ3v) is 2.84.